The fourth-order valence-corrected chi connectivity index (χ4v) is 2.72. The summed E-state index contributed by atoms with van der Waals surface area (Å²) in [5.41, 5.74) is 2.87. The number of thioether (sulfide) groups is 1. The van der Waals surface area contributed by atoms with Crippen LogP contribution in [0.5, 0.6) is 0 Å². The molecule has 0 aliphatic rings. The van der Waals surface area contributed by atoms with Crippen LogP contribution in [0.15, 0.2) is 17.0 Å². The number of halogens is 4. The largest absolute Gasteiger partial charge is 0.446 e. The number of nitrogens with two attached hydrogens (primary N) is 1. The maximum Gasteiger partial charge on any atom is 0.446 e. The van der Waals surface area contributed by atoms with Crippen molar-refractivity contribution in [2.45, 2.75) is 49.6 Å². The summed E-state index contributed by atoms with van der Waals surface area (Å²) in [5.74, 6) is 0. The first-order chi connectivity index (χ1) is 8.69. The maximum atomic E-state index is 12.4. The van der Waals surface area contributed by atoms with Crippen molar-refractivity contribution in [2.24, 2.45) is 5.73 Å². The van der Waals surface area contributed by atoms with E-state index in [1.165, 1.54) is 6.07 Å². The first-order valence-electron chi connectivity index (χ1n) is 5.99. The molecule has 0 heterocycles. The molecule has 6 heteroatoms. The molecule has 1 atom stereocenters. The summed E-state index contributed by atoms with van der Waals surface area (Å²) in [6.07, 6.45) is 2.42. The van der Waals surface area contributed by atoms with Crippen molar-refractivity contribution in [1.82, 2.24) is 0 Å². The number of rotatable bonds is 5. The zero-order chi connectivity index (χ0) is 14.6. The van der Waals surface area contributed by atoms with Crippen molar-refractivity contribution in [1.29, 1.82) is 0 Å². The Morgan fingerprint density at radius 1 is 1.37 bits per heavy atom. The van der Waals surface area contributed by atoms with E-state index < -0.39 is 5.51 Å². The molecule has 0 radical (unpaired) electrons. The van der Waals surface area contributed by atoms with E-state index in [9.17, 15) is 13.2 Å². The molecule has 0 amide bonds. The topological polar surface area (TPSA) is 26.0 Å². The quantitative estimate of drug-likeness (QED) is 0.780. The van der Waals surface area contributed by atoms with Gasteiger partial charge in [-0.2, -0.15) is 13.2 Å². The molecule has 108 valence electrons. The molecule has 0 aromatic heterocycles. The van der Waals surface area contributed by atoms with Gasteiger partial charge < -0.3 is 5.73 Å². The van der Waals surface area contributed by atoms with Gasteiger partial charge in [0, 0.05) is 10.9 Å². The average molecular weight is 312 g/mol. The molecule has 0 aliphatic carbocycles. The maximum absolute atomic E-state index is 12.4. The molecular weight excluding hydrogens is 295 g/mol. The van der Waals surface area contributed by atoms with Gasteiger partial charge in [0.25, 0.3) is 0 Å². The van der Waals surface area contributed by atoms with Crippen molar-refractivity contribution < 1.29 is 13.2 Å². The van der Waals surface area contributed by atoms with Crippen LogP contribution in [-0.2, 0) is 6.42 Å². The highest BCUT2D eigenvalue weighted by Gasteiger charge is 2.30. The van der Waals surface area contributed by atoms with Crippen LogP contribution in [0.2, 0.25) is 5.02 Å². The average Bonchev–Trinajstić information content (AvgIpc) is 2.22. The zero-order valence-corrected chi connectivity index (χ0v) is 12.4. The van der Waals surface area contributed by atoms with Crippen LogP contribution in [0.25, 0.3) is 0 Å². The molecule has 0 saturated carbocycles. The summed E-state index contributed by atoms with van der Waals surface area (Å²) in [6.45, 7) is 3.63. The van der Waals surface area contributed by atoms with E-state index in [1.54, 1.807) is 6.92 Å². The van der Waals surface area contributed by atoms with E-state index in [-0.39, 0.29) is 27.7 Å². The van der Waals surface area contributed by atoms with Crippen LogP contribution < -0.4 is 5.73 Å². The van der Waals surface area contributed by atoms with E-state index in [0.717, 1.165) is 18.4 Å². The second-order valence-electron chi connectivity index (χ2n) is 4.64. The lowest BCUT2D eigenvalue weighted by atomic mass is 10.0. The lowest BCUT2D eigenvalue weighted by molar-refractivity contribution is -0.0328. The van der Waals surface area contributed by atoms with Crippen molar-refractivity contribution >= 4 is 23.4 Å². The zero-order valence-electron chi connectivity index (χ0n) is 10.9. The van der Waals surface area contributed by atoms with Crippen LogP contribution in [0.3, 0.4) is 0 Å². The molecular formula is C13H17ClF3NS. The van der Waals surface area contributed by atoms with E-state index in [0.29, 0.717) is 12.0 Å². The molecule has 1 rings (SSSR count). The molecule has 2 N–H and O–H groups in total. The summed E-state index contributed by atoms with van der Waals surface area (Å²) in [5, 5.41) is 0.179. The predicted molar refractivity (Wildman–Crippen MR) is 74.7 cm³/mol. The Labute approximate surface area is 120 Å². The highest BCUT2D eigenvalue weighted by Crippen LogP contribution is 2.41. The summed E-state index contributed by atoms with van der Waals surface area (Å²) in [4.78, 5) is 0.0740. The molecule has 0 bridgehead atoms. The van der Waals surface area contributed by atoms with Crippen LogP contribution in [0, 0.1) is 6.92 Å². The van der Waals surface area contributed by atoms with Crippen LogP contribution >= 0.6 is 23.4 Å². The number of hydrogen-bond acceptors (Lipinski definition) is 2. The molecule has 19 heavy (non-hydrogen) atoms. The van der Waals surface area contributed by atoms with Gasteiger partial charge in [-0.05, 0) is 62.1 Å². The molecule has 0 spiro atoms. The number of alkyl halides is 3. The van der Waals surface area contributed by atoms with Gasteiger partial charge in [0.1, 0.15) is 0 Å². The Morgan fingerprint density at radius 3 is 2.53 bits per heavy atom. The van der Waals surface area contributed by atoms with Gasteiger partial charge in [0.05, 0.1) is 5.02 Å². The van der Waals surface area contributed by atoms with Gasteiger partial charge in [0.15, 0.2) is 0 Å². The Bertz CT molecular complexity index is 433. The van der Waals surface area contributed by atoms with Crippen molar-refractivity contribution in [3.63, 3.8) is 0 Å². The molecule has 1 unspecified atom stereocenters. The molecule has 1 aromatic carbocycles. The fourth-order valence-electron chi connectivity index (χ4n) is 1.78. The van der Waals surface area contributed by atoms with Crippen molar-refractivity contribution in [2.75, 3.05) is 0 Å². The minimum atomic E-state index is -4.32. The van der Waals surface area contributed by atoms with Crippen LogP contribution in [0.4, 0.5) is 13.2 Å². The van der Waals surface area contributed by atoms with Crippen LogP contribution in [-0.4, -0.2) is 11.6 Å². The molecule has 1 nitrogen and oxygen atoms in total. The normalized spacial score (nSPS) is 13.6. The lowest BCUT2D eigenvalue weighted by Gasteiger charge is -2.12. The third-order valence-electron chi connectivity index (χ3n) is 2.63. The van der Waals surface area contributed by atoms with Gasteiger partial charge in [-0.1, -0.05) is 17.7 Å². The predicted octanol–water partition coefficient (Wildman–Crippen LogP) is 4.93. The third kappa shape index (κ3) is 6.06. The van der Waals surface area contributed by atoms with Crippen molar-refractivity contribution in [3.05, 3.63) is 28.3 Å². The molecule has 0 aliphatic heterocycles. The summed E-state index contributed by atoms with van der Waals surface area (Å²) >= 11 is 5.75. The summed E-state index contributed by atoms with van der Waals surface area (Å²) in [6, 6.07) is 3.47. The van der Waals surface area contributed by atoms with E-state index >= 15 is 0 Å². The highest BCUT2D eigenvalue weighted by molar-refractivity contribution is 8.00. The second-order valence-corrected chi connectivity index (χ2v) is 6.13. The van der Waals surface area contributed by atoms with Gasteiger partial charge >= 0.3 is 5.51 Å². The van der Waals surface area contributed by atoms with Gasteiger partial charge in [-0.15, -0.1) is 0 Å². The van der Waals surface area contributed by atoms with E-state index in [2.05, 4.69) is 0 Å². The lowest BCUT2D eigenvalue weighted by Crippen LogP contribution is -2.14. The number of aryl methyl sites for hydroxylation is 2. The standard InChI is InChI=1S/C13H17ClF3NS/c1-8-6-10(5-3-4-9(2)18)7-11(12(8)14)19-13(15,16)17/h6-7,9H,3-5,18H2,1-2H3. The van der Waals surface area contributed by atoms with Crippen molar-refractivity contribution in [3.8, 4) is 0 Å². The number of hydrogen-bond donors (Lipinski definition) is 1. The SMILES string of the molecule is Cc1cc(CCCC(C)N)cc(SC(F)(F)F)c1Cl. The minimum absolute atomic E-state index is 0.0740. The molecule has 0 fully saturated rings. The third-order valence-corrected chi connectivity index (χ3v) is 4.02. The minimum Gasteiger partial charge on any atom is -0.328 e. The van der Waals surface area contributed by atoms with Crippen LogP contribution in [0.1, 0.15) is 30.9 Å². The highest BCUT2D eigenvalue weighted by atomic mass is 35.5. The first-order valence-corrected chi connectivity index (χ1v) is 7.19. The smallest absolute Gasteiger partial charge is 0.328 e. The Hall–Kier alpha value is -0.390. The van der Waals surface area contributed by atoms with E-state index in [4.69, 9.17) is 17.3 Å². The molecule has 1 aromatic rings. The Kier molecular flexibility index (Phi) is 6.02. The fraction of sp³-hybridized carbons (Fsp3) is 0.538. The van der Waals surface area contributed by atoms with Gasteiger partial charge in [-0.3, -0.25) is 0 Å². The monoisotopic (exact) mass is 311 g/mol. The molecule has 0 saturated heterocycles. The Morgan fingerprint density at radius 2 is 2.00 bits per heavy atom. The second kappa shape index (κ2) is 6.86. The first kappa shape index (κ1) is 16.7. The van der Waals surface area contributed by atoms with Gasteiger partial charge in [0.2, 0.25) is 0 Å². The van der Waals surface area contributed by atoms with Gasteiger partial charge in [-0.25, -0.2) is 0 Å². The van der Waals surface area contributed by atoms with E-state index in [1.807, 2.05) is 13.0 Å². The summed E-state index contributed by atoms with van der Waals surface area (Å²) < 4.78 is 37.3. The number of benzene rings is 1. The summed E-state index contributed by atoms with van der Waals surface area (Å²) in [7, 11) is 0. The Balaban J connectivity index is 2.84.